The number of hydrogen-bond acceptors (Lipinski definition) is 5. The Hall–Kier alpha value is -4.01. The number of para-hydroxylation sites is 1. The van der Waals surface area contributed by atoms with Crippen molar-refractivity contribution in [1.29, 1.82) is 5.26 Å². The monoisotopic (exact) mass is 565 g/mol. The maximum atomic E-state index is 14.0. The minimum atomic E-state index is -0.551. The van der Waals surface area contributed by atoms with Gasteiger partial charge in [-0.15, -0.1) is 0 Å². The number of carbonyl (C=O) groups is 1. The number of halogens is 1. The molecule has 1 heterocycles. The molecule has 1 unspecified atom stereocenters. The smallest absolute Gasteiger partial charge is 0.162 e. The van der Waals surface area contributed by atoms with Gasteiger partial charge in [0.25, 0.3) is 0 Å². The summed E-state index contributed by atoms with van der Waals surface area (Å²) in [5, 5.41) is 11.1. The number of rotatable bonds is 6. The molecule has 1 atom stereocenters. The Labute approximate surface area is 247 Å². The molecule has 2 aliphatic rings. The summed E-state index contributed by atoms with van der Waals surface area (Å²) in [4.78, 5) is 15.9. The third-order valence-electron chi connectivity index (χ3n) is 8.24. The second-order valence-corrected chi connectivity index (χ2v) is 12.3. The lowest BCUT2D eigenvalue weighted by atomic mass is 9.68. The van der Waals surface area contributed by atoms with Crippen LogP contribution in [0, 0.1) is 30.6 Å². The molecule has 5 nitrogen and oxygen atoms in total. The molecule has 0 aromatic heterocycles. The van der Waals surface area contributed by atoms with Crippen LogP contribution in [0.3, 0.4) is 0 Å². The van der Waals surface area contributed by atoms with E-state index in [1.165, 1.54) is 5.56 Å². The van der Waals surface area contributed by atoms with Crippen LogP contribution in [-0.4, -0.2) is 5.78 Å². The van der Waals surface area contributed by atoms with Crippen molar-refractivity contribution in [2.24, 2.45) is 11.1 Å². The minimum Gasteiger partial charge on any atom is -0.487 e. The van der Waals surface area contributed by atoms with Crippen molar-refractivity contribution in [2.45, 2.75) is 66.4 Å². The van der Waals surface area contributed by atoms with E-state index in [0.29, 0.717) is 47.2 Å². The fourth-order valence-corrected chi connectivity index (χ4v) is 6.29. The van der Waals surface area contributed by atoms with Crippen LogP contribution in [0.2, 0.25) is 5.02 Å². The number of nitrogens with zero attached hydrogens (tertiary/aromatic N) is 2. The second kappa shape index (κ2) is 11.1. The second-order valence-electron chi connectivity index (χ2n) is 11.9. The molecule has 210 valence electrons. The van der Waals surface area contributed by atoms with Gasteiger partial charge in [0, 0.05) is 23.4 Å². The van der Waals surface area contributed by atoms with Gasteiger partial charge in [0.1, 0.15) is 18.2 Å². The lowest BCUT2D eigenvalue weighted by molar-refractivity contribution is -0.118. The molecular formula is C35H36ClN3O2. The van der Waals surface area contributed by atoms with Gasteiger partial charge in [0.05, 0.1) is 22.6 Å². The number of aryl methyl sites for hydroxylation is 3. The average molecular weight is 566 g/mol. The molecule has 3 aromatic carbocycles. The Morgan fingerprint density at radius 1 is 1.07 bits per heavy atom. The number of allylic oxidation sites excluding steroid dienone is 3. The van der Waals surface area contributed by atoms with Crippen LogP contribution in [0.15, 0.2) is 83.3 Å². The first-order valence-electron chi connectivity index (χ1n) is 14.1. The van der Waals surface area contributed by atoms with E-state index >= 15 is 0 Å². The van der Waals surface area contributed by atoms with E-state index in [0.717, 1.165) is 40.1 Å². The topological polar surface area (TPSA) is 79.3 Å². The van der Waals surface area contributed by atoms with Crippen molar-refractivity contribution in [2.75, 3.05) is 4.90 Å². The molecule has 41 heavy (non-hydrogen) atoms. The zero-order valence-corrected chi connectivity index (χ0v) is 25.1. The molecule has 0 amide bonds. The van der Waals surface area contributed by atoms with E-state index < -0.39 is 5.92 Å². The highest BCUT2D eigenvalue weighted by atomic mass is 35.5. The maximum absolute atomic E-state index is 14.0. The molecule has 0 radical (unpaired) electrons. The fourth-order valence-electron chi connectivity index (χ4n) is 6.10. The number of ether oxygens (including phenoxy) is 1. The molecule has 3 aromatic rings. The molecule has 0 spiro atoms. The van der Waals surface area contributed by atoms with Crippen LogP contribution in [0.4, 0.5) is 5.69 Å². The van der Waals surface area contributed by atoms with Crippen molar-refractivity contribution < 1.29 is 9.53 Å². The molecular weight excluding hydrogens is 530 g/mol. The first kappa shape index (κ1) is 28.5. The number of nitriles is 1. The van der Waals surface area contributed by atoms with Crippen LogP contribution < -0.4 is 15.4 Å². The van der Waals surface area contributed by atoms with Gasteiger partial charge in [-0.3, -0.25) is 9.69 Å². The summed E-state index contributed by atoms with van der Waals surface area (Å²) >= 11 is 6.33. The van der Waals surface area contributed by atoms with E-state index in [9.17, 15) is 10.1 Å². The van der Waals surface area contributed by atoms with E-state index in [4.69, 9.17) is 22.1 Å². The molecule has 6 heteroatoms. The normalized spacial score (nSPS) is 18.3. The van der Waals surface area contributed by atoms with Gasteiger partial charge in [-0.1, -0.05) is 68.8 Å². The van der Waals surface area contributed by atoms with Gasteiger partial charge in [0.2, 0.25) is 0 Å². The lowest BCUT2D eigenvalue weighted by Gasteiger charge is -2.44. The lowest BCUT2D eigenvalue weighted by Crippen LogP contribution is -2.42. The van der Waals surface area contributed by atoms with Gasteiger partial charge in [-0.2, -0.15) is 5.26 Å². The minimum absolute atomic E-state index is 0.0607. The molecule has 5 rings (SSSR count). The standard InChI is InChI=1S/C35H36ClN3O2/c1-6-23-11-13-25(14-12-23)39-29-17-35(4,5)18-30(40)33(29)32(27(19-37)34(39)38)26-16-24(21(2)15-22(26)3)20-41-31-10-8-7-9-28(31)36/h7-16,32H,6,17-18,20,38H2,1-5H3. The summed E-state index contributed by atoms with van der Waals surface area (Å²) < 4.78 is 6.09. The SMILES string of the molecule is CCc1ccc(N2C(N)=C(C#N)C(c3cc(COc4ccccc4Cl)c(C)cc3C)C3=C2CC(C)(C)CC3=O)cc1. The predicted molar refractivity (Wildman–Crippen MR) is 165 cm³/mol. The van der Waals surface area contributed by atoms with Gasteiger partial charge in [-0.05, 0) is 84.2 Å². The number of nitrogens with two attached hydrogens (primary N) is 1. The largest absolute Gasteiger partial charge is 0.487 e. The summed E-state index contributed by atoms with van der Waals surface area (Å²) in [7, 11) is 0. The third-order valence-corrected chi connectivity index (χ3v) is 8.55. The summed E-state index contributed by atoms with van der Waals surface area (Å²) in [5.41, 5.74) is 14.6. The Morgan fingerprint density at radius 3 is 2.44 bits per heavy atom. The number of Topliss-reactive ketones (excluding diaryl/α,β-unsaturated/α-hetero) is 1. The van der Waals surface area contributed by atoms with E-state index in [1.807, 2.05) is 49.1 Å². The highest BCUT2D eigenvalue weighted by molar-refractivity contribution is 6.32. The molecule has 2 N–H and O–H groups in total. The average Bonchev–Trinajstić information content (AvgIpc) is 2.92. The van der Waals surface area contributed by atoms with Crippen LogP contribution in [-0.2, 0) is 17.8 Å². The molecule has 0 saturated heterocycles. The number of carbonyl (C=O) groups excluding carboxylic acids is 1. The van der Waals surface area contributed by atoms with Crippen molar-refractivity contribution in [3.8, 4) is 11.8 Å². The van der Waals surface area contributed by atoms with Crippen LogP contribution in [0.5, 0.6) is 5.75 Å². The van der Waals surface area contributed by atoms with E-state index in [-0.39, 0.29) is 11.2 Å². The van der Waals surface area contributed by atoms with Gasteiger partial charge >= 0.3 is 0 Å². The number of hydrogen-bond donors (Lipinski definition) is 1. The van der Waals surface area contributed by atoms with Crippen molar-refractivity contribution >= 4 is 23.1 Å². The van der Waals surface area contributed by atoms with Crippen molar-refractivity contribution in [3.05, 3.63) is 116 Å². The zero-order valence-electron chi connectivity index (χ0n) is 24.3. The summed E-state index contributed by atoms with van der Waals surface area (Å²) in [6.07, 6.45) is 2.01. The third kappa shape index (κ3) is 5.37. The summed E-state index contributed by atoms with van der Waals surface area (Å²) in [6, 6.07) is 22.2. The molecule has 0 bridgehead atoms. The molecule has 1 aliphatic carbocycles. The van der Waals surface area contributed by atoms with E-state index in [1.54, 1.807) is 6.07 Å². The van der Waals surface area contributed by atoms with Gasteiger partial charge in [0.15, 0.2) is 5.78 Å². The maximum Gasteiger partial charge on any atom is 0.162 e. The first-order valence-corrected chi connectivity index (χ1v) is 14.4. The first-order chi connectivity index (χ1) is 19.5. The molecule has 0 fully saturated rings. The highest BCUT2D eigenvalue weighted by Gasteiger charge is 2.45. The number of anilines is 1. The predicted octanol–water partition coefficient (Wildman–Crippen LogP) is 8.04. The zero-order chi connectivity index (χ0) is 29.5. The number of benzene rings is 3. The summed E-state index contributed by atoms with van der Waals surface area (Å²) in [6.45, 7) is 10.7. The van der Waals surface area contributed by atoms with Crippen molar-refractivity contribution in [3.63, 3.8) is 0 Å². The number of ketones is 1. The Kier molecular flexibility index (Phi) is 7.72. The Morgan fingerprint density at radius 2 is 1.78 bits per heavy atom. The van der Waals surface area contributed by atoms with Crippen LogP contribution in [0.25, 0.3) is 0 Å². The summed E-state index contributed by atoms with van der Waals surface area (Å²) in [5.74, 6) is 0.490. The van der Waals surface area contributed by atoms with Crippen molar-refractivity contribution in [1.82, 2.24) is 0 Å². The van der Waals surface area contributed by atoms with E-state index in [2.05, 4.69) is 51.1 Å². The fraction of sp³-hybridized carbons (Fsp3) is 0.314. The Bertz CT molecular complexity index is 1630. The van der Waals surface area contributed by atoms with Gasteiger partial charge < -0.3 is 10.5 Å². The quantitative estimate of drug-likeness (QED) is 0.327. The van der Waals surface area contributed by atoms with Crippen LogP contribution in [0.1, 0.15) is 67.3 Å². The van der Waals surface area contributed by atoms with Crippen LogP contribution >= 0.6 is 11.6 Å². The highest BCUT2D eigenvalue weighted by Crippen LogP contribution is 2.51. The Balaban J connectivity index is 1.66. The van der Waals surface area contributed by atoms with Gasteiger partial charge in [-0.25, -0.2) is 0 Å². The molecule has 1 aliphatic heterocycles. The molecule has 0 saturated carbocycles.